The summed E-state index contributed by atoms with van der Waals surface area (Å²) < 4.78 is 10.9. The van der Waals surface area contributed by atoms with E-state index in [0.717, 1.165) is 23.3 Å². The molecular weight excluding hydrogens is 402 g/mol. The number of methoxy groups -OCH3 is 2. The predicted octanol–water partition coefficient (Wildman–Crippen LogP) is 3.61. The molecule has 1 aliphatic rings. The average molecular weight is 434 g/mol. The van der Waals surface area contributed by atoms with Gasteiger partial charge < -0.3 is 19.7 Å². The summed E-state index contributed by atoms with van der Waals surface area (Å²) in [4.78, 5) is 19.5. The van der Waals surface area contributed by atoms with E-state index < -0.39 is 0 Å². The number of nitrogens with zero attached hydrogens (tertiary/aromatic N) is 2. The van der Waals surface area contributed by atoms with Crippen molar-refractivity contribution in [3.63, 3.8) is 0 Å². The summed E-state index contributed by atoms with van der Waals surface area (Å²) in [5.41, 5.74) is 3.23. The van der Waals surface area contributed by atoms with Gasteiger partial charge in [-0.3, -0.25) is 9.78 Å². The molecule has 2 aromatic rings. The number of aromatic nitrogens is 1. The van der Waals surface area contributed by atoms with Gasteiger partial charge in [-0.1, -0.05) is 20.8 Å². The average Bonchev–Trinajstić information content (AvgIpc) is 2.72. The Kier molecular flexibility index (Phi) is 8.10. The van der Waals surface area contributed by atoms with E-state index in [2.05, 4.69) is 31.1 Å². The van der Waals surface area contributed by atoms with Crippen LogP contribution in [0.2, 0.25) is 0 Å². The molecule has 0 radical (unpaired) electrons. The maximum atomic E-state index is 13.4. The van der Waals surface area contributed by atoms with Crippen molar-refractivity contribution in [3.05, 3.63) is 53.3 Å². The molecule has 1 aromatic carbocycles. The topological polar surface area (TPSA) is 63.7 Å². The summed E-state index contributed by atoms with van der Waals surface area (Å²) in [6.07, 6.45) is 4.35. The minimum atomic E-state index is -0.280. The molecule has 30 heavy (non-hydrogen) atoms. The molecule has 0 aliphatic carbocycles. The highest BCUT2D eigenvalue weighted by molar-refractivity contribution is 5.85. The van der Waals surface area contributed by atoms with Gasteiger partial charge in [0, 0.05) is 32.0 Å². The second-order valence-electron chi connectivity index (χ2n) is 8.52. The minimum Gasteiger partial charge on any atom is -0.493 e. The van der Waals surface area contributed by atoms with E-state index in [-0.39, 0.29) is 29.8 Å². The Morgan fingerprint density at radius 2 is 1.73 bits per heavy atom. The molecule has 1 unspecified atom stereocenters. The molecule has 1 amide bonds. The van der Waals surface area contributed by atoms with Crippen molar-refractivity contribution in [1.82, 2.24) is 15.2 Å². The highest BCUT2D eigenvalue weighted by Gasteiger charge is 2.35. The number of benzene rings is 1. The third-order valence-electron chi connectivity index (χ3n) is 5.40. The van der Waals surface area contributed by atoms with Crippen molar-refractivity contribution < 1.29 is 14.3 Å². The van der Waals surface area contributed by atoms with Crippen molar-refractivity contribution in [2.75, 3.05) is 20.8 Å². The fraction of sp³-hybridized carbons (Fsp3) is 0.478. The zero-order valence-electron chi connectivity index (χ0n) is 18.4. The van der Waals surface area contributed by atoms with Gasteiger partial charge in [-0.05, 0) is 52.8 Å². The van der Waals surface area contributed by atoms with Gasteiger partial charge in [0.25, 0.3) is 0 Å². The first-order valence-corrected chi connectivity index (χ1v) is 9.98. The Hall–Kier alpha value is -2.31. The molecule has 0 saturated carbocycles. The van der Waals surface area contributed by atoms with Crippen LogP contribution < -0.4 is 14.8 Å². The first-order chi connectivity index (χ1) is 13.8. The number of rotatable bonds is 6. The number of ether oxygens (including phenoxy) is 2. The maximum absolute atomic E-state index is 13.4. The Balaban J connectivity index is 0.00000320. The second-order valence-corrected chi connectivity index (χ2v) is 8.52. The molecule has 0 spiro atoms. The summed E-state index contributed by atoms with van der Waals surface area (Å²) in [5.74, 6) is 1.56. The van der Waals surface area contributed by atoms with Crippen molar-refractivity contribution in [2.45, 2.75) is 46.3 Å². The van der Waals surface area contributed by atoms with Crippen LogP contribution in [0.3, 0.4) is 0 Å². The molecule has 6 nitrogen and oxygen atoms in total. The summed E-state index contributed by atoms with van der Waals surface area (Å²) in [6.45, 7) is 8.21. The zero-order chi connectivity index (χ0) is 21.0. The first kappa shape index (κ1) is 24.0. The van der Waals surface area contributed by atoms with E-state index in [4.69, 9.17) is 9.47 Å². The fourth-order valence-electron chi connectivity index (χ4n) is 3.74. The maximum Gasteiger partial charge on any atom is 0.240 e. The lowest BCUT2D eigenvalue weighted by Crippen LogP contribution is -2.53. The lowest BCUT2D eigenvalue weighted by Gasteiger charge is -2.37. The standard InChI is InChI=1S/C23H31N3O3.ClH/c1-23(2,3)21(25-14-16-6-9-24-10-7-16)22(27)26-11-8-17-12-19(28-4)20(29-5)13-18(17)15-26;/h6-7,9-10,12-13,21,25H,8,11,14-15H2,1-5H3;1H. The highest BCUT2D eigenvalue weighted by atomic mass is 35.5. The van der Waals surface area contributed by atoms with Gasteiger partial charge in [0.05, 0.1) is 20.3 Å². The van der Waals surface area contributed by atoms with Crippen molar-refractivity contribution in [1.29, 1.82) is 0 Å². The summed E-state index contributed by atoms with van der Waals surface area (Å²) in [5, 5.41) is 3.47. The molecule has 1 aromatic heterocycles. The molecule has 2 heterocycles. The highest BCUT2D eigenvalue weighted by Crippen LogP contribution is 2.34. The number of halogens is 1. The van der Waals surface area contributed by atoms with Crippen molar-refractivity contribution in [2.24, 2.45) is 5.41 Å². The quantitative estimate of drug-likeness (QED) is 0.753. The third kappa shape index (κ3) is 5.43. The number of fused-ring (bicyclic) bond motifs is 1. The fourth-order valence-corrected chi connectivity index (χ4v) is 3.74. The van der Waals surface area contributed by atoms with Gasteiger partial charge in [-0.15, -0.1) is 12.4 Å². The normalized spacial score (nSPS) is 14.4. The van der Waals surface area contributed by atoms with E-state index in [1.165, 1.54) is 5.56 Å². The Morgan fingerprint density at radius 3 is 2.30 bits per heavy atom. The summed E-state index contributed by atoms with van der Waals surface area (Å²) >= 11 is 0. The number of hydrogen-bond acceptors (Lipinski definition) is 5. The zero-order valence-corrected chi connectivity index (χ0v) is 19.2. The molecule has 3 rings (SSSR count). The molecule has 0 fully saturated rings. The summed E-state index contributed by atoms with van der Waals surface area (Å²) in [6, 6.07) is 7.67. The van der Waals surface area contributed by atoms with Crippen LogP contribution in [0.4, 0.5) is 0 Å². The van der Waals surface area contributed by atoms with Gasteiger partial charge >= 0.3 is 0 Å². The Morgan fingerprint density at radius 1 is 1.13 bits per heavy atom. The van der Waals surface area contributed by atoms with Crippen LogP contribution in [0.1, 0.15) is 37.5 Å². The van der Waals surface area contributed by atoms with Crippen LogP contribution in [0.5, 0.6) is 11.5 Å². The van der Waals surface area contributed by atoms with Gasteiger partial charge in [0.15, 0.2) is 11.5 Å². The van der Waals surface area contributed by atoms with Gasteiger partial charge in [0.1, 0.15) is 0 Å². The van der Waals surface area contributed by atoms with E-state index in [0.29, 0.717) is 25.4 Å². The van der Waals surface area contributed by atoms with E-state index >= 15 is 0 Å². The van der Waals surface area contributed by atoms with Gasteiger partial charge in [0.2, 0.25) is 5.91 Å². The van der Waals surface area contributed by atoms with Crippen LogP contribution in [0, 0.1) is 5.41 Å². The minimum absolute atomic E-state index is 0. The van der Waals surface area contributed by atoms with Gasteiger partial charge in [-0.2, -0.15) is 0 Å². The number of pyridine rings is 1. The molecule has 0 saturated heterocycles. The van der Waals surface area contributed by atoms with Crippen molar-refractivity contribution in [3.8, 4) is 11.5 Å². The Labute approximate surface area is 185 Å². The van der Waals surface area contributed by atoms with E-state index in [1.807, 2.05) is 29.2 Å². The van der Waals surface area contributed by atoms with Crippen LogP contribution in [0.25, 0.3) is 0 Å². The SMILES string of the molecule is COc1cc2c(cc1OC)CN(C(=O)C(NCc1ccncc1)C(C)(C)C)CC2.Cl. The Bertz CT molecular complexity index is 853. The molecule has 1 N–H and O–H groups in total. The number of carbonyl (C=O) groups is 1. The number of hydrogen-bond donors (Lipinski definition) is 1. The molecule has 164 valence electrons. The predicted molar refractivity (Wildman–Crippen MR) is 120 cm³/mol. The molecule has 1 aliphatic heterocycles. The lowest BCUT2D eigenvalue weighted by atomic mass is 9.85. The number of nitrogens with one attached hydrogen (secondary N) is 1. The van der Waals surface area contributed by atoms with Crippen LogP contribution >= 0.6 is 12.4 Å². The van der Waals surface area contributed by atoms with E-state index in [9.17, 15) is 4.79 Å². The molecule has 7 heteroatoms. The molecule has 0 bridgehead atoms. The summed E-state index contributed by atoms with van der Waals surface area (Å²) in [7, 11) is 3.28. The van der Waals surface area contributed by atoms with Crippen LogP contribution in [0.15, 0.2) is 36.7 Å². The van der Waals surface area contributed by atoms with Crippen LogP contribution in [-0.4, -0.2) is 42.6 Å². The third-order valence-corrected chi connectivity index (χ3v) is 5.40. The smallest absolute Gasteiger partial charge is 0.240 e. The van der Waals surface area contributed by atoms with E-state index in [1.54, 1.807) is 26.6 Å². The monoisotopic (exact) mass is 433 g/mol. The second kappa shape index (κ2) is 10.1. The first-order valence-electron chi connectivity index (χ1n) is 9.98. The number of carbonyl (C=O) groups excluding carboxylic acids is 1. The molecular formula is C23H32ClN3O3. The number of amides is 1. The lowest BCUT2D eigenvalue weighted by molar-refractivity contribution is -0.137. The van der Waals surface area contributed by atoms with Crippen LogP contribution in [-0.2, 0) is 24.3 Å². The van der Waals surface area contributed by atoms with Crippen molar-refractivity contribution >= 4 is 18.3 Å². The molecule has 1 atom stereocenters. The van der Waals surface area contributed by atoms with Gasteiger partial charge in [-0.25, -0.2) is 0 Å². The largest absolute Gasteiger partial charge is 0.493 e.